The Balaban J connectivity index is 1.60. The van der Waals surface area contributed by atoms with Crippen LogP contribution >= 0.6 is 0 Å². The van der Waals surface area contributed by atoms with Crippen molar-refractivity contribution in [3.8, 4) is 11.1 Å². The largest absolute Gasteiger partial charge is 0.396 e. The lowest BCUT2D eigenvalue weighted by atomic mass is 10.0. The zero-order chi connectivity index (χ0) is 16.7. The van der Waals surface area contributed by atoms with E-state index in [1.54, 1.807) is 12.1 Å². The molecule has 2 aliphatic carbocycles. The normalized spacial score (nSPS) is 16.5. The van der Waals surface area contributed by atoms with E-state index in [-0.39, 0.29) is 24.3 Å². The number of ketones is 1. The number of carbonyl (C=O) groups excluding carboxylic acids is 2. The molecule has 0 bridgehead atoms. The van der Waals surface area contributed by atoms with Gasteiger partial charge in [-0.25, -0.2) is 0 Å². The lowest BCUT2D eigenvalue weighted by Gasteiger charge is -2.17. The fourth-order valence-corrected chi connectivity index (χ4v) is 3.48. The molecule has 0 saturated heterocycles. The van der Waals surface area contributed by atoms with Gasteiger partial charge in [0.2, 0.25) is 0 Å². The number of nitrogens with one attached hydrogen (secondary N) is 1. The van der Waals surface area contributed by atoms with E-state index in [2.05, 4.69) is 5.32 Å². The molecule has 1 fully saturated rings. The fourth-order valence-electron chi connectivity index (χ4n) is 3.48. The Morgan fingerprint density at radius 1 is 1.08 bits per heavy atom. The molecule has 4 nitrogen and oxygen atoms in total. The van der Waals surface area contributed by atoms with Gasteiger partial charge in [-0.1, -0.05) is 30.3 Å². The summed E-state index contributed by atoms with van der Waals surface area (Å²) in [5, 5.41) is 12.2. The van der Waals surface area contributed by atoms with Crippen LogP contribution in [0.2, 0.25) is 0 Å². The molecule has 2 aliphatic rings. The lowest BCUT2D eigenvalue weighted by Crippen LogP contribution is -2.37. The molecule has 1 amide bonds. The third-order valence-corrected chi connectivity index (χ3v) is 4.94. The van der Waals surface area contributed by atoms with Gasteiger partial charge in [-0.05, 0) is 48.4 Å². The van der Waals surface area contributed by atoms with E-state index in [1.807, 2.05) is 30.3 Å². The Morgan fingerprint density at radius 2 is 1.79 bits per heavy atom. The molecule has 2 aromatic carbocycles. The molecule has 4 heteroatoms. The highest BCUT2D eigenvalue weighted by atomic mass is 16.3. The van der Waals surface area contributed by atoms with Crippen molar-refractivity contribution < 1.29 is 14.7 Å². The lowest BCUT2D eigenvalue weighted by molar-refractivity contribution is 0.0924. The summed E-state index contributed by atoms with van der Waals surface area (Å²) >= 11 is 0. The molecule has 1 saturated carbocycles. The first-order chi connectivity index (χ1) is 11.7. The molecular formula is C20H19NO3. The third kappa shape index (κ3) is 2.53. The molecule has 122 valence electrons. The van der Waals surface area contributed by atoms with E-state index in [0.717, 1.165) is 24.0 Å². The maximum atomic E-state index is 12.5. The van der Waals surface area contributed by atoms with Crippen molar-refractivity contribution in [2.24, 2.45) is 5.92 Å². The molecular weight excluding hydrogens is 302 g/mol. The van der Waals surface area contributed by atoms with E-state index in [1.165, 1.54) is 0 Å². The second-order valence-corrected chi connectivity index (χ2v) is 6.56. The van der Waals surface area contributed by atoms with Crippen molar-refractivity contribution in [1.29, 1.82) is 0 Å². The summed E-state index contributed by atoms with van der Waals surface area (Å²) in [7, 11) is 0. The smallest absolute Gasteiger partial charge is 0.251 e. The maximum Gasteiger partial charge on any atom is 0.251 e. The Bertz CT molecular complexity index is 823. The van der Waals surface area contributed by atoms with Gasteiger partial charge in [-0.3, -0.25) is 9.59 Å². The fraction of sp³-hybridized carbons (Fsp3) is 0.300. The van der Waals surface area contributed by atoms with Crippen LogP contribution in [0.1, 0.15) is 45.5 Å². The first kappa shape index (κ1) is 15.1. The molecule has 2 aromatic rings. The van der Waals surface area contributed by atoms with Crippen LogP contribution in [-0.4, -0.2) is 29.4 Å². The van der Waals surface area contributed by atoms with Crippen LogP contribution in [0.3, 0.4) is 0 Å². The van der Waals surface area contributed by atoms with Crippen LogP contribution < -0.4 is 5.32 Å². The van der Waals surface area contributed by atoms with Crippen molar-refractivity contribution in [3.63, 3.8) is 0 Å². The van der Waals surface area contributed by atoms with Gasteiger partial charge in [0.25, 0.3) is 5.91 Å². The summed E-state index contributed by atoms with van der Waals surface area (Å²) in [6.07, 6.45) is 2.78. The minimum Gasteiger partial charge on any atom is -0.396 e. The van der Waals surface area contributed by atoms with Gasteiger partial charge in [-0.2, -0.15) is 0 Å². The summed E-state index contributed by atoms with van der Waals surface area (Å²) in [6, 6.07) is 12.9. The van der Waals surface area contributed by atoms with Gasteiger partial charge in [-0.15, -0.1) is 0 Å². The molecule has 0 spiro atoms. The quantitative estimate of drug-likeness (QED) is 0.759. The second-order valence-electron chi connectivity index (χ2n) is 6.56. The van der Waals surface area contributed by atoms with E-state index in [9.17, 15) is 9.59 Å². The molecule has 0 aliphatic heterocycles. The zero-order valence-corrected chi connectivity index (χ0v) is 13.3. The van der Waals surface area contributed by atoms with Gasteiger partial charge >= 0.3 is 0 Å². The molecule has 2 N–H and O–H groups in total. The van der Waals surface area contributed by atoms with Crippen molar-refractivity contribution in [2.45, 2.75) is 25.3 Å². The van der Waals surface area contributed by atoms with Crippen molar-refractivity contribution >= 4 is 11.7 Å². The number of rotatable bonds is 5. The Labute approximate surface area is 140 Å². The topological polar surface area (TPSA) is 66.4 Å². The highest BCUT2D eigenvalue weighted by molar-refractivity contribution is 6.22. The van der Waals surface area contributed by atoms with E-state index >= 15 is 0 Å². The second kappa shape index (κ2) is 5.87. The van der Waals surface area contributed by atoms with Crippen LogP contribution in [0.5, 0.6) is 0 Å². The van der Waals surface area contributed by atoms with E-state index in [4.69, 9.17) is 5.11 Å². The van der Waals surface area contributed by atoms with Gasteiger partial charge in [0, 0.05) is 29.3 Å². The molecule has 1 atom stereocenters. The first-order valence-corrected chi connectivity index (χ1v) is 8.39. The molecule has 1 unspecified atom stereocenters. The number of amides is 1. The van der Waals surface area contributed by atoms with Crippen molar-refractivity contribution in [2.75, 3.05) is 6.61 Å². The van der Waals surface area contributed by atoms with Gasteiger partial charge < -0.3 is 10.4 Å². The van der Waals surface area contributed by atoms with Gasteiger partial charge in [0.05, 0.1) is 0 Å². The first-order valence-electron chi connectivity index (χ1n) is 8.39. The van der Waals surface area contributed by atoms with Crippen LogP contribution in [0.4, 0.5) is 0 Å². The van der Waals surface area contributed by atoms with Crippen molar-refractivity contribution in [1.82, 2.24) is 5.32 Å². The van der Waals surface area contributed by atoms with Crippen LogP contribution in [0, 0.1) is 5.92 Å². The monoisotopic (exact) mass is 321 g/mol. The number of carbonyl (C=O) groups is 2. The van der Waals surface area contributed by atoms with Crippen LogP contribution in [-0.2, 0) is 0 Å². The molecule has 0 heterocycles. The number of fused-ring (bicyclic) bond motifs is 3. The summed E-state index contributed by atoms with van der Waals surface area (Å²) in [6.45, 7) is 0.0689. The van der Waals surface area contributed by atoms with Crippen LogP contribution in [0.15, 0.2) is 42.5 Å². The van der Waals surface area contributed by atoms with Crippen molar-refractivity contribution in [3.05, 3.63) is 59.2 Å². The molecule has 0 radical (unpaired) electrons. The number of aliphatic hydroxyl groups excluding tert-OH is 1. The van der Waals surface area contributed by atoms with Crippen LogP contribution in [0.25, 0.3) is 11.1 Å². The number of hydrogen-bond acceptors (Lipinski definition) is 3. The predicted molar refractivity (Wildman–Crippen MR) is 91.0 cm³/mol. The Hall–Kier alpha value is -2.46. The minimum atomic E-state index is -0.174. The number of aliphatic hydroxyl groups is 1. The zero-order valence-electron chi connectivity index (χ0n) is 13.3. The van der Waals surface area contributed by atoms with Gasteiger partial charge in [0.15, 0.2) is 5.78 Å². The molecule has 24 heavy (non-hydrogen) atoms. The maximum absolute atomic E-state index is 12.5. The minimum absolute atomic E-state index is 0.0173. The Kier molecular flexibility index (Phi) is 3.69. The summed E-state index contributed by atoms with van der Waals surface area (Å²) < 4.78 is 0. The summed E-state index contributed by atoms with van der Waals surface area (Å²) in [5.41, 5.74) is 3.61. The van der Waals surface area contributed by atoms with Gasteiger partial charge in [0.1, 0.15) is 0 Å². The van der Waals surface area contributed by atoms with E-state index in [0.29, 0.717) is 29.0 Å². The van der Waals surface area contributed by atoms with E-state index < -0.39 is 0 Å². The molecule has 4 rings (SSSR count). The molecule has 0 aromatic heterocycles. The predicted octanol–water partition coefficient (Wildman–Crippen LogP) is 2.79. The average Bonchev–Trinajstić information content (AvgIpc) is 3.41. The summed E-state index contributed by atoms with van der Waals surface area (Å²) in [5.74, 6) is 0.276. The SMILES string of the molecule is O=C(NC(CCO)C1CC1)c1ccc2c(c1)C(=O)c1ccccc1-2. The number of hydrogen-bond donors (Lipinski definition) is 2. The average molecular weight is 321 g/mol. The third-order valence-electron chi connectivity index (χ3n) is 4.94. The number of benzene rings is 2. The highest BCUT2D eigenvalue weighted by Gasteiger charge is 2.32. The highest BCUT2D eigenvalue weighted by Crippen LogP contribution is 2.37. The standard InChI is InChI=1S/C20H19NO3/c22-10-9-18(12-5-6-12)21-20(24)13-7-8-15-14-3-1-2-4-16(14)19(23)17(15)11-13/h1-4,7-8,11-12,18,22H,5-6,9-10H2,(H,21,24). The summed E-state index contributed by atoms with van der Waals surface area (Å²) in [4.78, 5) is 25.1. The Morgan fingerprint density at radius 3 is 2.50 bits per heavy atom.